The molecule has 1 heterocycles. The van der Waals surface area contributed by atoms with Crippen LogP contribution in [0.5, 0.6) is 0 Å². The molecule has 0 radical (unpaired) electrons. The maximum atomic E-state index is 4.75. The molecule has 1 rings (SSSR count). The second-order valence-corrected chi connectivity index (χ2v) is 3.92. The molecule has 4 heteroatoms. The van der Waals surface area contributed by atoms with Crippen LogP contribution in [0.15, 0.2) is 14.5 Å². The highest BCUT2D eigenvalue weighted by molar-refractivity contribution is 9.11. The summed E-state index contributed by atoms with van der Waals surface area (Å²) in [4.78, 5) is 0. The van der Waals surface area contributed by atoms with Crippen LogP contribution in [-0.2, 0) is 0 Å². The van der Waals surface area contributed by atoms with E-state index in [4.69, 9.17) is 4.42 Å². The van der Waals surface area contributed by atoms with E-state index in [-0.39, 0.29) is 0 Å². The number of hydrogen-bond donors (Lipinski definition) is 0. The van der Waals surface area contributed by atoms with Gasteiger partial charge in [-0.25, -0.2) is 0 Å². The first-order chi connectivity index (χ1) is 3.29. The Bertz CT molecular complexity index is 201. The van der Waals surface area contributed by atoms with Crippen LogP contribution >= 0.6 is 39.5 Å². The minimum absolute atomic E-state index is 0.562. The molecule has 0 saturated carbocycles. The van der Waals surface area contributed by atoms with E-state index in [9.17, 15) is 0 Å². The van der Waals surface area contributed by atoms with Gasteiger partial charge in [0.05, 0.1) is 0 Å². The van der Waals surface area contributed by atoms with Crippen LogP contribution in [-0.4, -0.2) is 0 Å². The zero-order valence-corrected chi connectivity index (χ0v) is 6.40. The summed E-state index contributed by atoms with van der Waals surface area (Å²) in [6.45, 7) is 0. The highest BCUT2D eigenvalue weighted by atomic mass is 79.9. The van der Waals surface area contributed by atoms with Crippen molar-refractivity contribution < 1.29 is 4.42 Å². The molecule has 1 aromatic heterocycles. The molecule has 0 N–H and O–H groups in total. The standard InChI is InChI=1S/C3HBrOS2/c4-2-1-5-3(6)7-2/h1H. The molecule has 38 valence electrons. The van der Waals surface area contributed by atoms with Crippen molar-refractivity contribution in [3.8, 4) is 0 Å². The van der Waals surface area contributed by atoms with Crippen LogP contribution in [0.3, 0.4) is 0 Å². The fraction of sp³-hybridized carbons (Fsp3) is 0. The molecule has 0 fully saturated rings. The quantitative estimate of drug-likeness (QED) is 0.593. The van der Waals surface area contributed by atoms with Gasteiger partial charge < -0.3 is 4.42 Å². The molecule has 0 bridgehead atoms. The molecule has 1 nitrogen and oxygen atoms in total. The third kappa shape index (κ3) is 1.36. The summed E-state index contributed by atoms with van der Waals surface area (Å²) in [5.74, 6) is 0. The predicted octanol–water partition coefficient (Wildman–Crippen LogP) is 2.83. The normalized spacial score (nSPS) is 9.29. The van der Waals surface area contributed by atoms with Gasteiger partial charge >= 0.3 is 0 Å². The van der Waals surface area contributed by atoms with Crippen LogP contribution in [0.4, 0.5) is 0 Å². The molecule has 1 aromatic rings. The van der Waals surface area contributed by atoms with Crippen molar-refractivity contribution >= 4 is 39.5 Å². The van der Waals surface area contributed by atoms with Crippen molar-refractivity contribution in [2.75, 3.05) is 0 Å². The molecule has 0 amide bonds. The number of rotatable bonds is 0. The molecule has 0 saturated heterocycles. The fourth-order valence-corrected chi connectivity index (χ4v) is 1.75. The van der Waals surface area contributed by atoms with E-state index >= 15 is 0 Å². The molecule has 0 aliphatic rings. The van der Waals surface area contributed by atoms with Gasteiger partial charge in [0.15, 0.2) is 0 Å². The van der Waals surface area contributed by atoms with Crippen molar-refractivity contribution in [1.82, 2.24) is 0 Å². The average molecular weight is 197 g/mol. The highest BCUT2D eigenvalue weighted by Crippen LogP contribution is 2.17. The molecule has 0 aliphatic carbocycles. The SMILES string of the molecule is S=c1occ(Br)s1. The zero-order chi connectivity index (χ0) is 5.28. The second kappa shape index (κ2) is 2.07. The third-order valence-corrected chi connectivity index (χ3v) is 2.00. The Kier molecular flexibility index (Phi) is 1.61. The van der Waals surface area contributed by atoms with Crippen molar-refractivity contribution in [2.45, 2.75) is 0 Å². The monoisotopic (exact) mass is 196 g/mol. The second-order valence-electron chi connectivity index (χ2n) is 0.892. The first-order valence-corrected chi connectivity index (χ1v) is 3.55. The predicted molar refractivity (Wildman–Crippen MR) is 35.1 cm³/mol. The lowest BCUT2D eigenvalue weighted by molar-refractivity contribution is 0.557. The summed E-state index contributed by atoms with van der Waals surface area (Å²) in [7, 11) is 0. The number of hydrogen-bond acceptors (Lipinski definition) is 3. The smallest absolute Gasteiger partial charge is 0.248 e. The first kappa shape index (κ1) is 5.47. The van der Waals surface area contributed by atoms with E-state index in [2.05, 4.69) is 28.1 Å². The summed E-state index contributed by atoms with van der Waals surface area (Å²) in [6.07, 6.45) is 1.58. The van der Waals surface area contributed by atoms with Crippen LogP contribution in [0.2, 0.25) is 0 Å². The zero-order valence-electron chi connectivity index (χ0n) is 3.18. The summed E-state index contributed by atoms with van der Waals surface area (Å²) >= 11 is 9.25. The molecule has 0 unspecified atom stereocenters. The Morgan fingerprint density at radius 1 is 1.86 bits per heavy atom. The summed E-state index contributed by atoms with van der Waals surface area (Å²) < 4.78 is 6.25. The molecule has 0 aliphatic heterocycles. The van der Waals surface area contributed by atoms with E-state index in [1.165, 1.54) is 11.3 Å². The molecule has 7 heavy (non-hydrogen) atoms. The Balaban J connectivity index is 3.30. The summed E-state index contributed by atoms with van der Waals surface area (Å²) in [5, 5.41) is 0. The lowest BCUT2D eigenvalue weighted by atomic mass is 11.1. The van der Waals surface area contributed by atoms with Gasteiger partial charge in [0.2, 0.25) is 4.02 Å². The van der Waals surface area contributed by atoms with Crippen LogP contribution < -0.4 is 0 Å². The van der Waals surface area contributed by atoms with E-state index < -0.39 is 0 Å². The summed E-state index contributed by atoms with van der Waals surface area (Å²) in [6, 6.07) is 0. The molecule has 0 atom stereocenters. The maximum absolute atomic E-state index is 4.75. The Morgan fingerprint density at radius 3 is 2.71 bits per heavy atom. The minimum atomic E-state index is 0.562. The summed E-state index contributed by atoms with van der Waals surface area (Å²) in [5.41, 5.74) is 0. The van der Waals surface area contributed by atoms with E-state index in [0.29, 0.717) is 4.02 Å². The van der Waals surface area contributed by atoms with Gasteiger partial charge in [0, 0.05) is 0 Å². The largest absolute Gasteiger partial charge is 0.443 e. The molecule has 0 aromatic carbocycles. The minimum Gasteiger partial charge on any atom is -0.443 e. The van der Waals surface area contributed by atoms with E-state index in [1.54, 1.807) is 6.26 Å². The van der Waals surface area contributed by atoms with Crippen molar-refractivity contribution in [1.29, 1.82) is 0 Å². The Hall–Kier alpha value is 0.330. The van der Waals surface area contributed by atoms with Gasteiger partial charge in [-0.1, -0.05) is 11.3 Å². The molecule has 0 spiro atoms. The van der Waals surface area contributed by atoms with Crippen LogP contribution in [0.1, 0.15) is 0 Å². The highest BCUT2D eigenvalue weighted by Gasteiger charge is 1.85. The van der Waals surface area contributed by atoms with Crippen LogP contribution in [0, 0.1) is 4.02 Å². The van der Waals surface area contributed by atoms with Gasteiger partial charge in [0.1, 0.15) is 10.0 Å². The average Bonchev–Trinajstić information content (AvgIpc) is 1.87. The maximum Gasteiger partial charge on any atom is 0.248 e. The van der Waals surface area contributed by atoms with E-state index in [0.717, 1.165) is 3.79 Å². The van der Waals surface area contributed by atoms with Crippen molar-refractivity contribution in [2.24, 2.45) is 0 Å². The van der Waals surface area contributed by atoms with Crippen molar-refractivity contribution in [3.63, 3.8) is 0 Å². The van der Waals surface area contributed by atoms with Gasteiger partial charge in [-0.05, 0) is 28.1 Å². The topological polar surface area (TPSA) is 13.1 Å². The molecular formula is C3HBrOS2. The Morgan fingerprint density at radius 2 is 2.57 bits per heavy atom. The molecular weight excluding hydrogens is 196 g/mol. The van der Waals surface area contributed by atoms with Crippen molar-refractivity contribution in [3.05, 3.63) is 14.1 Å². The first-order valence-electron chi connectivity index (χ1n) is 1.53. The lowest BCUT2D eigenvalue weighted by Crippen LogP contribution is -1.29. The van der Waals surface area contributed by atoms with Gasteiger partial charge in [0.25, 0.3) is 0 Å². The van der Waals surface area contributed by atoms with Gasteiger partial charge in [-0.15, -0.1) is 0 Å². The Labute approximate surface area is 58.1 Å². The van der Waals surface area contributed by atoms with Gasteiger partial charge in [-0.2, -0.15) is 0 Å². The van der Waals surface area contributed by atoms with Gasteiger partial charge in [-0.3, -0.25) is 0 Å². The third-order valence-electron chi connectivity index (χ3n) is 0.429. The van der Waals surface area contributed by atoms with E-state index in [1.807, 2.05) is 0 Å². The lowest BCUT2D eigenvalue weighted by Gasteiger charge is -1.58. The number of halogens is 1. The van der Waals surface area contributed by atoms with Crippen LogP contribution in [0.25, 0.3) is 0 Å². The fourth-order valence-electron chi connectivity index (χ4n) is 0.222.